The molecule has 0 atom stereocenters. The molecule has 0 bridgehead atoms. The van der Waals surface area contributed by atoms with Crippen LogP contribution in [0.5, 0.6) is 0 Å². The summed E-state index contributed by atoms with van der Waals surface area (Å²) in [5.41, 5.74) is -0.307. The molecule has 21 heavy (non-hydrogen) atoms. The van der Waals surface area contributed by atoms with Gasteiger partial charge in [-0.25, -0.2) is 8.78 Å². The van der Waals surface area contributed by atoms with Crippen molar-refractivity contribution in [1.82, 2.24) is 10.2 Å². The Balaban J connectivity index is 1.82. The van der Waals surface area contributed by atoms with E-state index in [0.29, 0.717) is 18.4 Å². The van der Waals surface area contributed by atoms with Crippen molar-refractivity contribution in [3.8, 4) is 0 Å². The third-order valence-corrected chi connectivity index (χ3v) is 4.22. The molecule has 0 aromatic heterocycles. The van der Waals surface area contributed by atoms with Crippen LogP contribution in [0.3, 0.4) is 0 Å². The van der Waals surface area contributed by atoms with Gasteiger partial charge in [-0.1, -0.05) is 18.9 Å². The summed E-state index contributed by atoms with van der Waals surface area (Å²) in [5, 5.41) is 2.81. The summed E-state index contributed by atoms with van der Waals surface area (Å²) in [6.07, 6.45) is 3.10. The van der Waals surface area contributed by atoms with E-state index in [9.17, 15) is 18.4 Å². The molecule has 3 rings (SSSR count). The molecule has 1 saturated heterocycles. The Morgan fingerprint density at radius 1 is 1.14 bits per heavy atom. The minimum Gasteiger partial charge on any atom is -0.340 e. The Hall–Kier alpha value is -1.98. The number of halogens is 2. The monoisotopic (exact) mass is 294 g/mol. The topological polar surface area (TPSA) is 49.4 Å². The van der Waals surface area contributed by atoms with Crippen LogP contribution in [0.2, 0.25) is 0 Å². The molecule has 2 amide bonds. The molecular formula is C15H16F2N2O2. The van der Waals surface area contributed by atoms with Gasteiger partial charge in [0.2, 0.25) is 11.8 Å². The fourth-order valence-electron chi connectivity index (χ4n) is 3.21. The largest absolute Gasteiger partial charge is 0.340 e. The van der Waals surface area contributed by atoms with Gasteiger partial charge >= 0.3 is 0 Å². The number of benzene rings is 1. The van der Waals surface area contributed by atoms with Gasteiger partial charge in [-0.3, -0.25) is 9.59 Å². The summed E-state index contributed by atoms with van der Waals surface area (Å²) in [4.78, 5) is 25.9. The minimum atomic E-state index is -0.947. The molecule has 4 nitrogen and oxygen atoms in total. The Labute approximate surface area is 121 Å². The van der Waals surface area contributed by atoms with E-state index in [1.807, 2.05) is 0 Å². The lowest BCUT2D eigenvalue weighted by molar-refractivity contribution is -0.150. The second-order valence-corrected chi connectivity index (χ2v) is 5.75. The van der Waals surface area contributed by atoms with E-state index in [1.54, 1.807) is 0 Å². The van der Waals surface area contributed by atoms with Crippen LogP contribution in [0, 0.1) is 11.6 Å². The van der Waals surface area contributed by atoms with Gasteiger partial charge in [-0.15, -0.1) is 0 Å². The van der Waals surface area contributed by atoms with Crippen molar-refractivity contribution in [3.63, 3.8) is 0 Å². The zero-order chi connectivity index (χ0) is 15.0. The molecule has 6 heteroatoms. The van der Waals surface area contributed by atoms with E-state index in [1.165, 1.54) is 11.0 Å². The molecule has 1 aliphatic heterocycles. The zero-order valence-electron chi connectivity index (χ0n) is 11.5. The molecule has 1 spiro atoms. The minimum absolute atomic E-state index is 0.0421. The van der Waals surface area contributed by atoms with Crippen LogP contribution in [-0.2, 0) is 16.1 Å². The first-order chi connectivity index (χ1) is 10.00. The molecule has 112 valence electrons. The summed E-state index contributed by atoms with van der Waals surface area (Å²) in [5.74, 6) is -2.19. The van der Waals surface area contributed by atoms with Gasteiger partial charge in [0.15, 0.2) is 11.6 Å². The van der Waals surface area contributed by atoms with Gasteiger partial charge in [-0.05, 0) is 30.5 Å². The second kappa shape index (κ2) is 5.09. The summed E-state index contributed by atoms with van der Waals surface area (Å²) in [7, 11) is 0. The third kappa shape index (κ3) is 2.50. The first-order valence-corrected chi connectivity index (χ1v) is 7.04. The van der Waals surface area contributed by atoms with Gasteiger partial charge in [0.25, 0.3) is 0 Å². The summed E-state index contributed by atoms with van der Waals surface area (Å²) >= 11 is 0. The number of nitrogens with zero attached hydrogens (tertiary/aromatic N) is 1. The predicted octanol–water partition coefficient (Wildman–Crippen LogP) is 1.74. The van der Waals surface area contributed by atoms with Gasteiger partial charge < -0.3 is 10.2 Å². The molecule has 2 aliphatic rings. The molecule has 1 aromatic carbocycles. The van der Waals surface area contributed by atoms with Crippen LogP contribution < -0.4 is 5.32 Å². The molecule has 1 saturated carbocycles. The standard InChI is InChI=1S/C15H16F2N2O2/c16-11-4-3-10(7-12(11)17)8-19-9-13(20)18-15(14(19)21)5-1-2-6-15/h3-4,7H,1-2,5-6,8-9H2,(H,18,20). The molecule has 1 heterocycles. The predicted molar refractivity (Wildman–Crippen MR) is 71.1 cm³/mol. The van der Waals surface area contributed by atoms with Crippen molar-refractivity contribution in [2.24, 2.45) is 0 Å². The first kappa shape index (κ1) is 14.0. The number of piperazine rings is 1. The molecule has 1 aliphatic carbocycles. The van der Waals surface area contributed by atoms with Crippen molar-refractivity contribution in [2.45, 2.75) is 37.8 Å². The van der Waals surface area contributed by atoms with E-state index in [-0.39, 0.29) is 24.9 Å². The van der Waals surface area contributed by atoms with Gasteiger partial charge in [0.05, 0.1) is 6.54 Å². The van der Waals surface area contributed by atoms with E-state index in [2.05, 4.69) is 5.32 Å². The normalized spacial score (nSPS) is 21.0. The maximum absolute atomic E-state index is 13.2. The number of amides is 2. The van der Waals surface area contributed by atoms with Crippen molar-refractivity contribution in [1.29, 1.82) is 0 Å². The maximum atomic E-state index is 13.2. The van der Waals surface area contributed by atoms with Crippen molar-refractivity contribution in [3.05, 3.63) is 35.4 Å². The molecule has 1 aromatic rings. The lowest BCUT2D eigenvalue weighted by Gasteiger charge is -2.39. The third-order valence-electron chi connectivity index (χ3n) is 4.22. The van der Waals surface area contributed by atoms with E-state index in [4.69, 9.17) is 0 Å². The number of nitrogens with one attached hydrogen (secondary N) is 1. The van der Waals surface area contributed by atoms with E-state index < -0.39 is 17.2 Å². The highest BCUT2D eigenvalue weighted by atomic mass is 19.2. The van der Waals surface area contributed by atoms with Crippen LogP contribution in [0.4, 0.5) is 8.78 Å². The smallest absolute Gasteiger partial charge is 0.249 e. The first-order valence-electron chi connectivity index (χ1n) is 7.04. The van der Waals surface area contributed by atoms with Gasteiger partial charge in [-0.2, -0.15) is 0 Å². The maximum Gasteiger partial charge on any atom is 0.249 e. The Morgan fingerprint density at radius 3 is 2.52 bits per heavy atom. The molecule has 0 unspecified atom stereocenters. The number of hydrogen-bond acceptors (Lipinski definition) is 2. The Kier molecular flexibility index (Phi) is 3.39. The molecule has 0 radical (unpaired) electrons. The highest BCUT2D eigenvalue weighted by molar-refractivity contribution is 5.98. The fourth-order valence-corrected chi connectivity index (χ4v) is 3.21. The Bertz CT molecular complexity index is 597. The summed E-state index contributed by atoms with van der Waals surface area (Å²) < 4.78 is 26.2. The van der Waals surface area contributed by atoms with Crippen molar-refractivity contribution < 1.29 is 18.4 Å². The van der Waals surface area contributed by atoms with Crippen molar-refractivity contribution in [2.75, 3.05) is 6.54 Å². The van der Waals surface area contributed by atoms with Crippen LogP contribution in [0.25, 0.3) is 0 Å². The number of carbonyl (C=O) groups excluding carboxylic acids is 2. The lowest BCUT2D eigenvalue weighted by Crippen LogP contribution is -2.65. The second-order valence-electron chi connectivity index (χ2n) is 5.75. The average molecular weight is 294 g/mol. The molecule has 2 fully saturated rings. The molecule has 1 N–H and O–H groups in total. The average Bonchev–Trinajstić information content (AvgIpc) is 2.89. The highest BCUT2D eigenvalue weighted by Crippen LogP contribution is 2.33. The zero-order valence-corrected chi connectivity index (χ0v) is 11.5. The van der Waals surface area contributed by atoms with Gasteiger partial charge in [0, 0.05) is 6.54 Å². The highest BCUT2D eigenvalue weighted by Gasteiger charge is 2.48. The fraction of sp³-hybridized carbons (Fsp3) is 0.467. The SMILES string of the molecule is O=C1CN(Cc2ccc(F)c(F)c2)C(=O)C2(CCCC2)N1. The quantitative estimate of drug-likeness (QED) is 0.903. The number of rotatable bonds is 2. The van der Waals surface area contributed by atoms with Crippen LogP contribution in [0.1, 0.15) is 31.2 Å². The van der Waals surface area contributed by atoms with Crippen LogP contribution in [-0.4, -0.2) is 28.8 Å². The van der Waals surface area contributed by atoms with Crippen LogP contribution in [0.15, 0.2) is 18.2 Å². The van der Waals surface area contributed by atoms with E-state index in [0.717, 1.165) is 25.0 Å². The lowest BCUT2D eigenvalue weighted by atomic mass is 9.93. The molecular weight excluding hydrogens is 278 g/mol. The number of carbonyl (C=O) groups is 2. The number of hydrogen-bond donors (Lipinski definition) is 1. The van der Waals surface area contributed by atoms with E-state index >= 15 is 0 Å². The summed E-state index contributed by atoms with van der Waals surface area (Å²) in [6, 6.07) is 3.53. The summed E-state index contributed by atoms with van der Waals surface area (Å²) in [6.45, 7) is 0.0742. The van der Waals surface area contributed by atoms with Crippen LogP contribution >= 0.6 is 0 Å². The van der Waals surface area contributed by atoms with Gasteiger partial charge in [0.1, 0.15) is 5.54 Å². The Morgan fingerprint density at radius 2 is 1.86 bits per heavy atom. The van der Waals surface area contributed by atoms with Crippen molar-refractivity contribution >= 4 is 11.8 Å².